The van der Waals surface area contributed by atoms with E-state index in [0.29, 0.717) is 22.5 Å². The Balaban J connectivity index is 2.79. The second-order valence-corrected chi connectivity index (χ2v) is 4.31. The number of hydrogen-bond donors (Lipinski definition) is 0. The van der Waals surface area contributed by atoms with Gasteiger partial charge in [0.15, 0.2) is 0 Å². The summed E-state index contributed by atoms with van der Waals surface area (Å²) in [6.07, 6.45) is 2.47. The molecule has 88 valence electrons. The van der Waals surface area contributed by atoms with Crippen LogP contribution in [-0.2, 0) is 22.4 Å². The molecule has 0 fully saturated rings. The van der Waals surface area contributed by atoms with Crippen molar-refractivity contribution in [3.05, 3.63) is 22.7 Å². The van der Waals surface area contributed by atoms with E-state index in [2.05, 4.69) is 28.6 Å². The summed E-state index contributed by atoms with van der Waals surface area (Å²) in [6.45, 7) is 4.17. The summed E-state index contributed by atoms with van der Waals surface area (Å²) in [5, 5.41) is 0.330. The number of esters is 1. The summed E-state index contributed by atoms with van der Waals surface area (Å²) in [5.41, 5.74) is 0.598. The second-order valence-electron chi connectivity index (χ2n) is 3.95. The van der Waals surface area contributed by atoms with Gasteiger partial charge in [-0.1, -0.05) is 25.4 Å². The number of rotatable bonds is 4. The predicted octanol–water partition coefficient (Wildman–Crippen LogP) is 2.04. The van der Waals surface area contributed by atoms with Gasteiger partial charge in [-0.15, -0.1) is 0 Å². The molecule has 0 aliphatic rings. The predicted molar refractivity (Wildman–Crippen MR) is 61.3 cm³/mol. The molecule has 0 spiro atoms. The Kier molecular flexibility index (Phi) is 4.68. The van der Waals surface area contributed by atoms with Crippen LogP contribution in [0.3, 0.4) is 0 Å². The van der Waals surface area contributed by atoms with Crippen molar-refractivity contribution < 1.29 is 9.53 Å². The summed E-state index contributed by atoms with van der Waals surface area (Å²) >= 11 is 5.96. The van der Waals surface area contributed by atoms with Crippen LogP contribution in [0, 0.1) is 5.92 Å². The van der Waals surface area contributed by atoms with Gasteiger partial charge in [-0.25, -0.2) is 9.97 Å². The molecule has 0 bridgehead atoms. The number of aromatic nitrogens is 2. The SMILES string of the molecule is COC(=O)Cc1cnc(CC(C)C)nc1Cl. The van der Waals surface area contributed by atoms with Gasteiger partial charge in [0.05, 0.1) is 13.5 Å². The zero-order valence-corrected chi connectivity index (χ0v) is 10.4. The fraction of sp³-hybridized carbons (Fsp3) is 0.545. The van der Waals surface area contributed by atoms with Crippen molar-refractivity contribution in [3.63, 3.8) is 0 Å². The number of ether oxygens (including phenoxy) is 1. The largest absolute Gasteiger partial charge is 0.469 e. The Morgan fingerprint density at radius 1 is 1.56 bits per heavy atom. The van der Waals surface area contributed by atoms with Crippen LogP contribution in [0.4, 0.5) is 0 Å². The fourth-order valence-corrected chi connectivity index (χ4v) is 1.44. The van der Waals surface area contributed by atoms with Crippen molar-refractivity contribution in [2.75, 3.05) is 7.11 Å². The first-order valence-electron chi connectivity index (χ1n) is 5.10. The summed E-state index contributed by atoms with van der Waals surface area (Å²) in [4.78, 5) is 19.4. The third-order valence-corrected chi connectivity index (χ3v) is 2.34. The van der Waals surface area contributed by atoms with E-state index in [1.165, 1.54) is 7.11 Å². The Labute approximate surface area is 100 Å². The van der Waals surface area contributed by atoms with Crippen LogP contribution >= 0.6 is 11.6 Å². The molecule has 0 N–H and O–H groups in total. The first kappa shape index (κ1) is 12.9. The zero-order valence-electron chi connectivity index (χ0n) is 9.66. The molecule has 5 heteroatoms. The maximum Gasteiger partial charge on any atom is 0.310 e. The summed E-state index contributed by atoms with van der Waals surface area (Å²) in [6, 6.07) is 0. The topological polar surface area (TPSA) is 52.1 Å². The molecule has 4 nitrogen and oxygen atoms in total. The summed E-state index contributed by atoms with van der Waals surface area (Å²) < 4.78 is 4.55. The second kappa shape index (κ2) is 5.80. The molecule has 0 amide bonds. The molecule has 0 radical (unpaired) electrons. The highest BCUT2D eigenvalue weighted by Gasteiger charge is 2.10. The molecule has 1 aromatic heterocycles. The quantitative estimate of drug-likeness (QED) is 0.599. The van der Waals surface area contributed by atoms with E-state index in [9.17, 15) is 4.79 Å². The van der Waals surface area contributed by atoms with Crippen LogP contribution in [0.5, 0.6) is 0 Å². The lowest BCUT2D eigenvalue weighted by Gasteiger charge is -2.06. The maximum atomic E-state index is 11.1. The van der Waals surface area contributed by atoms with Gasteiger partial charge in [0.2, 0.25) is 0 Å². The Bertz CT molecular complexity index is 380. The Morgan fingerprint density at radius 3 is 2.75 bits per heavy atom. The molecule has 1 heterocycles. The van der Waals surface area contributed by atoms with E-state index in [-0.39, 0.29) is 12.4 Å². The normalized spacial score (nSPS) is 10.6. The molecule has 0 atom stereocenters. The van der Waals surface area contributed by atoms with Crippen LogP contribution in [0.15, 0.2) is 6.20 Å². The van der Waals surface area contributed by atoms with Crippen LogP contribution in [0.2, 0.25) is 5.15 Å². The lowest BCUT2D eigenvalue weighted by molar-refractivity contribution is -0.139. The van der Waals surface area contributed by atoms with Crippen molar-refractivity contribution >= 4 is 17.6 Å². The lowest BCUT2D eigenvalue weighted by atomic mass is 10.1. The molecule has 0 aliphatic carbocycles. The van der Waals surface area contributed by atoms with Gasteiger partial charge in [0, 0.05) is 18.2 Å². The molecule has 0 aliphatic heterocycles. The smallest absolute Gasteiger partial charge is 0.310 e. The molecule has 0 unspecified atom stereocenters. The van der Waals surface area contributed by atoms with E-state index < -0.39 is 0 Å². The molecule has 1 rings (SSSR count). The van der Waals surface area contributed by atoms with E-state index >= 15 is 0 Å². The van der Waals surface area contributed by atoms with E-state index in [1.807, 2.05) is 0 Å². The molecule has 0 aromatic carbocycles. The van der Waals surface area contributed by atoms with Gasteiger partial charge in [0.25, 0.3) is 0 Å². The van der Waals surface area contributed by atoms with E-state index in [4.69, 9.17) is 11.6 Å². The van der Waals surface area contributed by atoms with Gasteiger partial charge >= 0.3 is 5.97 Å². The number of nitrogens with zero attached hydrogens (tertiary/aromatic N) is 2. The molecular weight excluding hydrogens is 228 g/mol. The van der Waals surface area contributed by atoms with Gasteiger partial charge in [0.1, 0.15) is 11.0 Å². The highest BCUT2D eigenvalue weighted by Crippen LogP contribution is 2.14. The highest BCUT2D eigenvalue weighted by molar-refractivity contribution is 6.30. The van der Waals surface area contributed by atoms with Crippen molar-refractivity contribution in [2.45, 2.75) is 26.7 Å². The average molecular weight is 243 g/mol. The number of carbonyl (C=O) groups excluding carboxylic acids is 1. The summed E-state index contributed by atoms with van der Waals surface area (Å²) in [7, 11) is 1.34. The monoisotopic (exact) mass is 242 g/mol. The van der Waals surface area contributed by atoms with Gasteiger partial charge < -0.3 is 4.74 Å². The lowest BCUT2D eigenvalue weighted by Crippen LogP contribution is -2.08. The average Bonchev–Trinajstić information content (AvgIpc) is 2.21. The van der Waals surface area contributed by atoms with Crippen LogP contribution < -0.4 is 0 Å². The van der Waals surface area contributed by atoms with Crippen molar-refractivity contribution in [1.82, 2.24) is 9.97 Å². The van der Waals surface area contributed by atoms with E-state index in [0.717, 1.165) is 6.42 Å². The Morgan fingerprint density at radius 2 is 2.25 bits per heavy atom. The Hall–Kier alpha value is -1.16. The number of halogens is 1. The molecule has 0 saturated carbocycles. The van der Waals surface area contributed by atoms with Gasteiger partial charge in [-0.05, 0) is 5.92 Å². The minimum absolute atomic E-state index is 0.108. The molecular formula is C11H15ClN2O2. The van der Waals surface area contributed by atoms with Crippen LogP contribution in [0.25, 0.3) is 0 Å². The molecule has 16 heavy (non-hydrogen) atoms. The van der Waals surface area contributed by atoms with Crippen molar-refractivity contribution in [3.8, 4) is 0 Å². The van der Waals surface area contributed by atoms with Crippen molar-refractivity contribution in [1.29, 1.82) is 0 Å². The highest BCUT2D eigenvalue weighted by atomic mass is 35.5. The maximum absolute atomic E-state index is 11.1. The van der Waals surface area contributed by atoms with Crippen LogP contribution in [0.1, 0.15) is 25.2 Å². The molecule has 1 aromatic rings. The number of methoxy groups -OCH3 is 1. The fourth-order valence-electron chi connectivity index (χ4n) is 1.23. The zero-order chi connectivity index (χ0) is 12.1. The third-order valence-electron chi connectivity index (χ3n) is 2.01. The minimum atomic E-state index is -0.345. The first-order chi connectivity index (χ1) is 7.52. The number of hydrogen-bond acceptors (Lipinski definition) is 4. The van der Waals surface area contributed by atoms with Crippen LogP contribution in [-0.4, -0.2) is 23.0 Å². The van der Waals surface area contributed by atoms with Gasteiger partial charge in [-0.2, -0.15) is 0 Å². The molecule has 0 saturated heterocycles. The van der Waals surface area contributed by atoms with E-state index in [1.54, 1.807) is 6.20 Å². The number of carbonyl (C=O) groups is 1. The van der Waals surface area contributed by atoms with Crippen molar-refractivity contribution in [2.24, 2.45) is 5.92 Å². The third kappa shape index (κ3) is 3.77. The summed E-state index contributed by atoms with van der Waals surface area (Å²) in [5.74, 6) is 0.832. The van der Waals surface area contributed by atoms with Gasteiger partial charge in [-0.3, -0.25) is 4.79 Å². The minimum Gasteiger partial charge on any atom is -0.469 e. The standard InChI is InChI=1S/C11H15ClN2O2/c1-7(2)4-9-13-6-8(11(12)14-9)5-10(15)16-3/h6-7H,4-5H2,1-3H3. The first-order valence-corrected chi connectivity index (χ1v) is 5.47.